The average molecular weight is 545 g/mol. The molecule has 40 heavy (non-hydrogen) atoms. The van der Waals surface area contributed by atoms with Crippen molar-refractivity contribution >= 4 is 35.3 Å². The van der Waals surface area contributed by atoms with E-state index >= 15 is 0 Å². The minimum Gasteiger partial charge on any atom is -0.481 e. The average Bonchev–Trinajstić information content (AvgIpc) is 2.92. The summed E-state index contributed by atoms with van der Waals surface area (Å²) >= 11 is 0. The Bertz CT molecular complexity index is 1380. The second-order valence-corrected chi connectivity index (χ2v) is 9.81. The number of benzene rings is 3. The predicted octanol–water partition coefficient (Wildman–Crippen LogP) is 3.69. The number of para-hydroxylation sites is 1. The van der Waals surface area contributed by atoms with Crippen LogP contribution < -0.4 is 16.0 Å². The lowest BCUT2D eigenvalue weighted by Crippen LogP contribution is -2.49. The summed E-state index contributed by atoms with van der Waals surface area (Å²) in [6.07, 6.45) is 1.16. The van der Waals surface area contributed by atoms with Gasteiger partial charge in [-0.25, -0.2) is 9.59 Å². The molecular formula is C30H32N4O6. The van der Waals surface area contributed by atoms with Crippen molar-refractivity contribution in [2.45, 2.75) is 37.8 Å². The lowest BCUT2D eigenvalue weighted by atomic mass is 9.91. The number of likely N-dealkylation sites (N-methyl/N-ethyl adjacent to an activating group) is 1. The Morgan fingerprint density at radius 1 is 0.900 bits per heavy atom. The number of urea groups is 1. The highest BCUT2D eigenvalue weighted by Gasteiger charge is 2.33. The van der Waals surface area contributed by atoms with Crippen LogP contribution in [0.2, 0.25) is 0 Å². The molecule has 3 aromatic rings. The fourth-order valence-corrected chi connectivity index (χ4v) is 4.77. The molecule has 2 atom stereocenters. The Kier molecular flexibility index (Phi) is 9.13. The number of aryl methyl sites for hydroxylation is 1. The Morgan fingerprint density at radius 2 is 1.57 bits per heavy atom. The zero-order chi connectivity index (χ0) is 28.6. The number of carboxylic acid groups (broad SMARTS) is 2. The molecule has 0 spiro atoms. The third kappa shape index (κ3) is 7.45. The van der Waals surface area contributed by atoms with Crippen LogP contribution in [0.1, 0.15) is 34.7 Å². The van der Waals surface area contributed by atoms with Gasteiger partial charge in [0.25, 0.3) is 0 Å². The molecule has 208 valence electrons. The molecule has 0 radical (unpaired) electrons. The number of carboxylic acids is 2. The maximum Gasteiger partial charge on any atom is 0.326 e. The van der Waals surface area contributed by atoms with E-state index < -0.39 is 29.9 Å². The summed E-state index contributed by atoms with van der Waals surface area (Å²) in [5.41, 5.74) is 4.47. The third-order valence-electron chi connectivity index (χ3n) is 6.85. The minimum absolute atomic E-state index is 0.0158. The van der Waals surface area contributed by atoms with Crippen LogP contribution in [0.25, 0.3) is 0 Å². The molecule has 10 heteroatoms. The van der Waals surface area contributed by atoms with E-state index in [1.165, 1.54) is 0 Å². The maximum absolute atomic E-state index is 13.4. The Balaban J connectivity index is 1.42. The van der Waals surface area contributed by atoms with Gasteiger partial charge in [-0.3, -0.25) is 14.5 Å². The highest BCUT2D eigenvalue weighted by atomic mass is 16.4. The van der Waals surface area contributed by atoms with E-state index in [1.807, 2.05) is 36.2 Å². The first-order chi connectivity index (χ1) is 19.2. The van der Waals surface area contributed by atoms with Gasteiger partial charge in [-0.1, -0.05) is 48.5 Å². The van der Waals surface area contributed by atoms with Crippen LogP contribution in [0.3, 0.4) is 0 Å². The molecule has 0 aliphatic carbocycles. The summed E-state index contributed by atoms with van der Waals surface area (Å²) in [6, 6.07) is 19.3. The molecule has 1 aliphatic heterocycles. The number of carbonyl (C=O) groups excluding carboxylic acids is 2. The normalized spacial score (nSPS) is 15.4. The van der Waals surface area contributed by atoms with Crippen LogP contribution >= 0.6 is 0 Å². The van der Waals surface area contributed by atoms with E-state index in [2.05, 4.69) is 16.0 Å². The summed E-state index contributed by atoms with van der Waals surface area (Å²) in [5.74, 6) is -2.45. The highest BCUT2D eigenvalue weighted by Crippen LogP contribution is 2.31. The largest absolute Gasteiger partial charge is 0.481 e. The van der Waals surface area contributed by atoms with Crippen molar-refractivity contribution < 1.29 is 29.4 Å². The number of hydrogen-bond acceptors (Lipinski definition) is 5. The molecule has 10 nitrogen and oxygen atoms in total. The lowest BCUT2D eigenvalue weighted by Gasteiger charge is -2.34. The molecule has 2 unspecified atom stereocenters. The van der Waals surface area contributed by atoms with E-state index in [1.54, 1.807) is 48.5 Å². The number of nitrogens with zero attached hydrogens (tertiary/aromatic N) is 1. The number of hydrogen-bond donors (Lipinski definition) is 5. The summed E-state index contributed by atoms with van der Waals surface area (Å²) in [6.45, 7) is 0.584. The first kappa shape index (κ1) is 28.3. The Labute approximate surface area is 232 Å². The van der Waals surface area contributed by atoms with Crippen LogP contribution in [0.4, 0.5) is 16.2 Å². The van der Waals surface area contributed by atoms with Crippen molar-refractivity contribution in [3.05, 3.63) is 95.1 Å². The van der Waals surface area contributed by atoms with Gasteiger partial charge in [0, 0.05) is 30.8 Å². The number of amides is 3. The highest BCUT2D eigenvalue weighted by molar-refractivity contribution is 6.00. The topological polar surface area (TPSA) is 148 Å². The maximum atomic E-state index is 13.4. The van der Waals surface area contributed by atoms with Crippen molar-refractivity contribution in [2.75, 3.05) is 24.2 Å². The summed E-state index contributed by atoms with van der Waals surface area (Å²) in [7, 11) is 1.82. The van der Waals surface area contributed by atoms with E-state index in [9.17, 15) is 24.3 Å². The summed E-state index contributed by atoms with van der Waals surface area (Å²) in [5, 5.41) is 27.0. The van der Waals surface area contributed by atoms with E-state index in [-0.39, 0.29) is 18.9 Å². The fourth-order valence-electron chi connectivity index (χ4n) is 4.77. The van der Waals surface area contributed by atoms with Crippen LogP contribution in [0.5, 0.6) is 0 Å². The van der Waals surface area contributed by atoms with Crippen molar-refractivity contribution in [1.82, 2.24) is 10.2 Å². The molecule has 5 N–H and O–H groups in total. The van der Waals surface area contributed by atoms with Crippen LogP contribution in [-0.2, 0) is 33.6 Å². The van der Waals surface area contributed by atoms with Crippen LogP contribution in [-0.4, -0.2) is 58.6 Å². The van der Waals surface area contributed by atoms with Gasteiger partial charge in [-0.15, -0.1) is 0 Å². The molecule has 0 saturated carbocycles. The van der Waals surface area contributed by atoms with E-state index in [0.717, 1.165) is 16.7 Å². The van der Waals surface area contributed by atoms with Gasteiger partial charge in [-0.2, -0.15) is 0 Å². The fraction of sp³-hybridized carbons (Fsp3) is 0.267. The molecule has 4 rings (SSSR count). The van der Waals surface area contributed by atoms with Crippen molar-refractivity contribution in [3.63, 3.8) is 0 Å². The van der Waals surface area contributed by atoms with Gasteiger partial charge in [0.15, 0.2) is 0 Å². The molecule has 1 aliphatic rings. The molecule has 0 aromatic heterocycles. The number of nitrogens with one attached hydrogen (secondary N) is 3. The number of carbonyl (C=O) groups is 4. The van der Waals surface area contributed by atoms with Crippen LogP contribution in [0, 0.1) is 0 Å². The first-order valence-corrected chi connectivity index (χ1v) is 13.0. The number of fused-ring (bicyclic) bond motifs is 1. The molecule has 0 bridgehead atoms. The SMILES string of the molecule is CN1CCc2cc(NC(=O)Nc3ccccc3)ccc2C1C(=O)NC(Cc1ccc(CCC(=O)O)cc1)C(=O)O. The molecule has 0 saturated heterocycles. The van der Waals surface area contributed by atoms with Crippen molar-refractivity contribution in [3.8, 4) is 0 Å². The smallest absolute Gasteiger partial charge is 0.326 e. The molecule has 0 fully saturated rings. The molecular weight excluding hydrogens is 512 g/mol. The van der Waals surface area contributed by atoms with Gasteiger partial charge in [0.1, 0.15) is 12.1 Å². The van der Waals surface area contributed by atoms with E-state index in [4.69, 9.17) is 5.11 Å². The second kappa shape index (κ2) is 12.9. The van der Waals surface area contributed by atoms with Gasteiger partial charge >= 0.3 is 18.0 Å². The first-order valence-electron chi connectivity index (χ1n) is 13.0. The molecule has 1 heterocycles. The molecule has 3 amide bonds. The number of aliphatic carboxylic acids is 2. The summed E-state index contributed by atoms with van der Waals surface area (Å²) in [4.78, 5) is 50.5. The van der Waals surface area contributed by atoms with Gasteiger partial charge in [-0.05, 0) is 66.4 Å². The molecule has 3 aromatic carbocycles. The minimum atomic E-state index is -1.15. The van der Waals surface area contributed by atoms with Crippen molar-refractivity contribution in [1.29, 1.82) is 0 Å². The summed E-state index contributed by atoms with van der Waals surface area (Å²) < 4.78 is 0. The quantitative estimate of drug-likeness (QED) is 0.261. The third-order valence-corrected chi connectivity index (χ3v) is 6.85. The monoisotopic (exact) mass is 544 g/mol. The Hall–Kier alpha value is -4.70. The Morgan fingerprint density at radius 3 is 2.25 bits per heavy atom. The second-order valence-electron chi connectivity index (χ2n) is 9.81. The predicted molar refractivity (Wildman–Crippen MR) is 150 cm³/mol. The standard InChI is InChI=1S/C30H32N4O6/c1-34-16-15-21-18-23(32-30(40)31-22-5-3-2-4-6-22)12-13-24(21)27(34)28(37)33-25(29(38)39)17-20-9-7-19(8-10-20)11-14-26(35)36/h2-10,12-13,18,25,27H,11,14-17H2,1H3,(H,33,37)(H,35,36)(H,38,39)(H2,31,32,40). The van der Waals surface area contributed by atoms with Gasteiger partial charge < -0.3 is 26.2 Å². The van der Waals surface area contributed by atoms with Gasteiger partial charge in [0.2, 0.25) is 5.91 Å². The van der Waals surface area contributed by atoms with Gasteiger partial charge in [0.05, 0.1) is 0 Å². The zero-order valence-electron chi connectivity index (χ0n) is 22.1. The lowest BCUT2D eigenvalue weighted by molar-refractivity contribution is -0.142. The number of rotatable bonds is 10. The number of anilines is 2. The van der Waals surface area contributed by atoms with Crippen molar-refractivity contribution in [2.24, 2.45) is 0 Å². The van der Waals surface area contributed by atoms with Crippen LogP contribution in [0.15, 0.2) is 72.8 Å². The zero-order valence-corrected chi connectivity index (χ0v) is 22.1. The van der Waals surface area contributed by atoms with E-state index in [0.29, 0.717) is 36.3 Å².